The molecular formula is C21H22N6O3. The van der Waals surface area contributed by atoms with Crippen LogP contribution in [0.15, 0.2) is 42.6 Å². The van der Waals surface area contributed by atoms with Crippen LogP contribution in [0.5, 0.6) is 5.88 Å². The number of benzene rings is 1. The lowest BCUT2D eigenvalue weighted by Gasteiger charge is -2.08. The van der Waals surface area contributed by atoms with E-state index in [4.69, 9.17) is 4.74 Å². The molecule has 2 aromatic heterocycles. The van der Waals surface area contributed by atoms with Crippen molar-refractivity contribution in [2.75, 3.05) is 11.9 Å². The highest BCUT2D eigenvalue weighted by molar-refractivity contribution is 6.05. The Labute approximate surface area is 173 Å². The minimum Gasteiger partial charge on any atom is -0.477 e. The Hall–Kier alpha value is -3.75. The molecule has 30 heavy (non-hydrogen) atoms. The van der Waals surface area contributed by atoms with Crippen molar-refractivity contribution in [1.82, 2.24) is 25.3 Å². The maximum Gasteiger partial charge on any atom is 0.259 e. The van der Waals surface area contributed by atoms with Gasteiger partial charge in [0.05, 0.1) is 24.1 Å². The SMILES string of the molecule is CCOc1ccc(-n2ncc(C(=O)Nc3ccc(C(=O)NC4CC4)cc3)c2C)nn1. The Balaban J connectivity index is 1.44. The number of aromatic nitrogens is 4. The van der Waals surface area contributed by atoms with Gasteiger partial charge in [0.25, 0.3) is 11.8 Å². The molecule has 0 spiro atoms. The standard InChI is InChI=1S/C21H22N6O3/c1-3-30-19-11-10-18(25-26-19)27-13(2)17(12-22-27)21(29)24-15-6-4-14(5-7-15)20(28)23-16-8-9-16/h4-7,10-12,16H,3,8-9H2,1-2H3,(H,23,28)(H,24,29). The summed E-state index contributed by atoms with van der Waals surface area (Å²) in [6.45, 7) is 4.16. The minimum absolute atomic E-state index is 0.0936. The van der Waals surface area contributed by atoms with Crippen molar-refractivity contribution in [2.45, 2.75) is 32.7 Å². The molecule has 9 heteroatoms. The lowest BCUT2D eigenvalue weighted by Crippen LogP contribution is -2.25. The molecule has 1 fully saturated rings. The van der Waals surface area contributed by atoms with Crippen LogP contribution in [0.2, 0.25) is 0 Å². The molecule has 0 radical (unpaired) electrons. The largest absolute Gasteiger partial charge is 0.477 e. The van der Waals surface area contributed by atoms with Crippen LogP contribution >= 0.6 is 0 Å². The van der Waals surface area contributed by atoms with Crippen LogP contribution in [0.1, 0.15) is 46.2 Å². The monoisotopic (exact) mass is 406 g/mol. The molecule has 0 aliphatic heterocycles. The van der Waals surface area contributed by atoms with Crippen LogP contribution in [0.4, 0.5) is 5.69 Å². The first-order valence-electron chi connectivity index (χ1n) is 9.79. The molecule has 2 heterocycles. The zero-order valence-electron chi connectivity index (χ0n) is 16.8. The maximum absolute atomic E-state index is 12.7. The van der Waals surface area contributed by atoms with Crippen molar-refractivity contribution in [3.63, 3.8) is 0 Å². The highest BCUT2D eigenvalue weighted by atomic mass is 16.5. The number of carbonyl (C=O) groups is 2. The molecule has 3 aromatic rings. The molecule has 1 aliphatic carbocycles. The molecule has 0 unspecified atom stereocenters. The fraction of sp³-hybridized carbons (Fsp3) is 0.286. The predicted octanol–water partition coefficient (Wildman–Crippen LogP) is 2.51. The molecule has 0 bridgehead atoms. The van der Waals surface area contributed by atoms with E-state index in [2.05, 4.69) is 25.9 Å². The maximum atomic E-state index is 12.7. The van der Waals surface area contributed by atoms with Crippen molar-refractivity contribution >= 4 is 17.5 Å². The summed E-state index contributed by atoms with van der Waals surface area (Å²) >= 11 is 0. The Morgan fingerprint density at radius 1 is 1.10 bits per heavy atom. The first-order valence-corrected chi connectivity index (χ1v) is 9.79. The van der Waals surface area contributed by atoms with E-state index < -0.39 is 0 Å². The second kappa shape index (κ2) is 8.32. The van der Waals surface area contributed by atoms with Crippen LogP contribution in [-0.4, -0.2) is 44.4 Å². The van der Waals surface area contributed by atoms with Gasteiger partial charge in [0.15, 0.2) is 5.82 Å². The van der Waals surface area contributed by atoms with Gasteiger partial charge < -0.3 is 15.4 Å². The fourth-order valence-electron chi connectivity index (χ4n) is 2.91. The predicted molar refractivity (Wildman–Crippen MR) is 110 cm³/mol. The summed E-state index contributed by atoms with van der Waals surface area (Å²) in [5.74, 6) is 0.524. The summed E-state index contributed by atoms with van der Waals surface area (Å²) in [4.78, 5) is 24.8. The van der Waals surface area contributed by atoms with Gasteiger partial charge in [-0.3, -0.25) is 9.59 Å². The van der Waals surface area contributed by atoms with Crippen LogP contribution < -0.4 is 15.4 Å². The van der Waals surface area contributed by atoms with Crippen molar-refractivity contribution in [3.05, 3.63) is 59.4 Å². The van der Waals surface area contributed by atoms with Gasteiger partial charge in [-0.25, -0.2) is 4.68 Å². The zero-order chi connectivity index (χ0) is 21.1. The van der Waals surface area contributed by atoms with Crippen molar-refractivity contribution in [2.24, 2.45) is 0 Å². The van der Waals surface area contributed by atoms with E-state index in [9.17, 15) is 9.59 Å². The van der Waals surface area contributed by atoms with Gasteiger partial charge in [0.1, 0.15) is 0 Å². The number of ether oxygens (including phenoxy) is 1. The lowest BCUT2D eigenvalue weighted by molar-refractivity contribution is 0.0950. The molecule has 9 nitrogen and oxygen atoms in total. The Bertz CT molecular complexity index is 1060. The third kappa shape index (κ3) is 4.29. The number of hydrogen-bond acceptors (Lipinski definition) is 6. The smallest absolute Gasteiger partial charge is 0.259 e. The number of rotatable bonds is 7. The second-order valence-corrected chi connectivity index (χ2v) is 7.00. The summed E-state index contributed by atoms with van der Waals surface area (Å²) in [5, 5.41) is 18.1. The van der Waals surface area contributed by atoms with E-state index in [1.54, 1.807) is 48.0 Å². The number of nitrogens with zero attached hydrogens (tertiary/aromatic N) is 4. The van der Waals surface area contributed by atoms with E-state index in [1.165, 1.54) is 6.20 Å². The molecule has 1 saturated carbocycles. The molecule has 1 aliphatic rings. The first-order chi connectivity index (χ1) is 14.5. The lowest BCUT2D eigenvalue weighted by atomic mass is 10.2. The first kappa shape index (κ1) is 19.6. The van der Waals surface area contributed by atoms with E-state index in [-0.39, 0.29) is 11.8 Å². The van der Waals surface area contributed by atoms with E-state index in [1.807, 2.05) is 6.92 Å². The average Bonchev–Trinajstić information content (AvgIpc) is 3.48. The van der Waals surface area contributed by atoms with Gasteiger partial charge >= 0.3 is 0 Å². The van der Waals surface area contributed by atoms with Crippen LogP contribution in [0.3, 0.4) is 0 Å². The Kier molecular flexibility index (Phi) is 5.42. The van der Waals surface area contributed by atoms with Gasteiger partial charge in [0, 0.05) is 23.4 Å². The van der Waals surface area contributed by atoms with Crippen LogP contribution in [0, 0.1) is 6.92 Å². The Morgan fingerprint density at radius 3 is 2.50 bits per heavy atom. The fourth-order valence-corrected chi connectivity index (χ4v) is 2.91. The van der Waals surface area contributed by atoms with E-state index in [0.717, 1.165) is 12.8 Å². The van der Waals surface area contributed by atoms with Crippen molar-refractivity contribution in [1.29, 1.82) is 0 Å². The van der Waals surface area contributed by atoms with Gasteiger partial charge in [-0.2, -0.15) is 5.10 Å². The summed E-state index contributed by atoms with van der Waals surface area (Å²) in [5.41, 5.74) is 2.21. The van der Waals surface area contributed by atoms with E-state index in [0.29, 0.717) is 46.9 Å². The molecule has 4 rings (SSSR count). The van der Waals surface area contributed by atoms with Gasteiger partial charge in [-0.05, 0) is 57.0 Å². The normalized spacial score (nSPS) is 13.0. The van der Waals surface area contributed by atoms with E-state index >= 15 is 0 Å². The minimum atomic E-state index is -0.298. The summed E-state index contributed by atoms with van der Waals surface area (Å²) in [6, 6.07) is 10.5. The molecule has 2 N–H and O–H groups in total. The van der Waals surface area contributed by atoms with Crippen LogP contribution in [0.25, 0.3) is 5.82 Å². The van der Waals surface area contributed by atoms with Gasteiger partial charge in [-0.15, -0.1) is 10.2 Å². The molecular weight excluding hydrogens is 384 g/mol. The van der Waals surface area contributed by atoms with Gasteiger partial charge in [-0.1, -0.05) is 0 Å². The van der Waals surface area contributed by atoms with Crippen molar-refractivity contribution in [3.8, 4) is 11.7 Å². The molecule has 2 amide bonds. The molecule has 1 aromatic carbocycles. The summed E-state index contributed by atoms with van der Waals surface area (Å²) in [7, 11) is 0. The highest BCUT2D eigenvalue weighted by Gasteiger charge is 2.23. The molecule has 0 saturated heterocycles. The summed E-state index contributed by atoms with van der Waals surface area (Å²) < 4.78 is 6.83. The van der Waals surface area contributed by atoms with Crippen LogP contribution in [-0.2, 0) is 0 Å². The second-order valence-electron chi connectivity index (χ2n) is 7.00. The quantitative estimate of drug-likeness (QED) is 0.624. The number of nitrogens with one attached hydrogen (secondary N) is 2. The zero-order valence-corrected chi connectivity index (χ0v) is 16.8. The number of carbonyl (C=O) groups excluding carboxylic acids is 2. The molecule has 154 valence electrons. The third-order valence-corrected chi connectivity index (χ3v) is 4.71. The summed E-state index contributed by atoms with van der Waals surface area (Å²) in [6.07, 6.45) is 3.56. The molecule has 0 atom stereocenters. The average molecular weight is 406 g/mol. The number of anilines is 1. The number of amides is 2. The van der Waals surface area contributed by atoms with Gasteiger partial charge in [0.2, 0.25) is 5.88 Å². The topological polar surface area (TPSA) is 111 Å². The van der Waals surface area contributed by atoms with Crippen molar-refractivity contribution < 1.29 is 14.3 Å². The third-order valence-electron chi connectivity index (χ3n) is 4.71. The number of hydrogen-bond donors (Lipinski definition) is 2. The highest BCUT2D eigenvalue weighted by Crippen LogP contribution is 2.20. The Morgan fingerprint density at radius 2 is 1.87 bits per heavy atom.